The van der Waals surface area contributed by atoms with Crippen LogP contribution in [0.5, 0.6) is 0 Å². The summed E-state index contributed by atoms with van der Waals surface area (Å²) >= 11 is 0. The lowest BCUT2D eigenvalue weighted by Gasteiger charge is -2.34. The molecular weight excluding hydrogens is 691 g/mol. The van der Waals surface area contributed by atoms with Gasteiger partial charge in [0.05, 0.1) is 22.4 Å². The van der Waals surface area contributed by atoms with Gasteiger partial charge in [-0.3, -0.25) is 0 Å². The van der Waals surface area contributed by atoms with Gasteiger partial charge in [0.1, 0.15) is 0 Å². The normalized spacial score (nSPS) is 16.0. The summed E-state index contributed by atoms with van der Waals surface area (Å²) in [5.41, 5.74) is 17.6. The Morgan fingerprint density at radius 2 is 1.05 bits per heavy atom. The molecular formula is C54H39N3. The summed E-state index contributed by atoms with van der Waals surface area (Å²) in [4.78, 5) is 7.56. The molecule has 0 spiro atoms. The summed E-state index contributed by atoms with van der Waals surface area (Å²) in [5, 5.41) is 2.51. The maximum absolute atomic E-state index is 5.11. The van der Waals surface area contributed by atoms with Crippen molar-refractivity contribution in [3.8, 4) is 39.3 Å². The van der Waals surface area contributed by atoms with Crippen LogP contribution in [0, 0.1) is 0 Å². The molecule has 2 aromatic heterocycles. The summed E-state index contributed by atoms with van der Waals surface area (Å²) in [6.45, 7) is 2.42. The predicted molar refractivity (Wildman–Crippen MR) is 238 cm³/mol. The van der Waals surface area contributed by atoms with Gasteiger partial charge in [0.15, 0.2) is 0 Å². The van der Waals surface area contributed by atoms with Gasteiger partial charge in [-0.25, -0.2) is 4.98 Å². The largest absolute Gasteiger partial charge is 0.313 e. The first kappa shape index (κ1) is 33.1. The highest BCUT2D eigenvalue weighted by Crippen LogP contribution is 2.56. The van der Waals surface area contributed by atoms with Gasteiger partial charge in [0.2, 0.25) is 0 Å². The van der Waals surface area contributed by atoms with Crippen LogP contribution in [0.3, 0.4) is 0 Å². The lowest BCUT2D eigenvalue weighted by Crippen LogP contribution is -2.28. The second-order valence-electron chi connectivity index (χ2n) is 15.4. The quantitative estimate of drug-likeness (QED) is 0.170. The third-order valence-corrected chi connectivity index (χ3v) is 12.0. The van der Waals surface area contributed by atoms with Gasteiger partial charge in [0.25, 0.3) is 0 Å². The summed E-state index contributed by atoms with van der Waals surface area (Å²) < 4.78 is 2.43. The minimum Gasteiger partial charge on any atom is -0.313 e. The van der Waals surface area contributed by atoms with E-state index in [4.69, 9.17) is 4.98 Å². The van der Waals surface area contributed by atoms with E-state index >= 15 is 0 Å². The maximum Gasteiger partial charge on any atom is 0.0715 e. The number of anilines is 2. The zero-order valence-corrected chi connectivity index (χ0v) is 31.7. The summed E-state index contributed by atoms with van der Waals surface area (Å²) in [6.07, 6.45) is 5.63. The highest BCUT2D eigenvalue weighted by Gasteiger charge is 2.45. The zero-order chi connectivity index (χ0) is 37.9. The van der Waals surface area contributed by atoms with Gasteiger partial charge in [-0.05, 0) is 102 Å². The number of hydrogen-bond acceptors (Lipinski definition) is 2. The van der Waals surface area contributed by atoms with E-state index in [-0.39, 0.29) is 5.41 Å². The molecule has 0 N–H and O–H groups in total. The Morgan fingerprint density at radius 1 is 0.456 bits per heavy atom. The van der Waals surface area contributed by atoms with Crippen LogP contribution in [0.25, 0.3) is 66.7 Å². The molecule has 9 aromatic rings. The molecule has 0 bridgehead atoms. The molecule has 7 aromatic carbocycles. The molecule has 0 saturated heterocycles. The number of para-hydroxylation sites is 3. The SMILES string of the molecule is CC12CC(c3ccc4c5ccccc5n(-c5ccc(-c6cc(-c7ccccc7)nc(-c7ccccc7)c6)cc5)c4c3)=CC=C1N(c1ccccc1)c1ccccc12. The van der Waals surface area contributed by atoms with Gasteiger partial charge in [0, 0.05) is 50.1 Å². The number of rotatable bonds is 6. The van der Waals surface area contributed by atoms with Gasteiger partial charge in [-0.1, -0.05) is 146 Å². The molecule has 270 valence electrons. The summed E-state index contributed by atoms with van der Waals surface area (Å²) in [5.74, 6) is 0. The van der Waals surface area contributed by atoms with Crippen LogP contribution < -0.4 is 4.90 Å². The Balaban J connectivity index is 1.01. The Hall–Kier alpha value is -7.23. The monoisotopic (exact) mass is 729 g/mol. The average molecular weight is 730 g/mol. The molecule has 0 fully saturated rings. The van der Waals surface area contributed by atoms with Gasteiger partial charge < -0.3 is 9.47 Å². The van der Waals surface area contributed by atoms with E-state index in [9.17, 15) is 0 Å². The summed E-state index contributed by atoms with van der Waals surface area (Å²) in [6, 6.07) is 69.9. The number of fused-ring (bicyclic) bond motifs is 6. The standard InChI is InChI=1S/C54H39N3/c1-54-36-41(28-32-53(54)57(43-19-9-4-10-20-43)51-24-14-12-22-47(51)54)40-27-31-46-45-21-11-13-23-50(45)56(52(46)35-40)44-29-25-37(26-30-44)42-33-48(38-15-5-2-6-16-38)55-49(34-42)39-17-7-3-8-18-39/h2-35H,36H2,1H3. The first-order chi connectivity index (χ1) is 28.1. The minimum absolute atomic E-state index is 0.151. The van der Waals surface area contributed by atoms with Crippen LogP contribution in [0.2, 0.25) is 0 Å². The molecule has 1 unspecified atom stereocenters. The van der Waals surface area contributed by atoms with Gasteiger partial charge in [-0.2, -0.15) is 0 Å². The van der Waals surface area contributed by atoms with Crippen molar-refractivity contribution in [2.75, 3.05) is 4.90 Å². The fourth-order valence-electron chi connectivity index (χ4n) is 9.23. The Labute approximate surface area is 333 Å². The van der Waals surface area contributed by atoms with Crippen molar-refractivity contribution in [3.63, 3.8) is 0 Å². The van der Waals surface area contributed by atoms with Gasteiger partial charge in [-0.15, -0.1) is 0 Å². The van der Waals surface area contributed by atoms with E-state index in [1.807, 2.05) is 0 Å². The maximum atomic E-state index is 5.11. The van der Waals surface area contributed by atoms with Crippen LogP contribution in [-0.2, 0) is 5.41 Å². The van der Waals surface area contributed by atoms with E-state index in [2.05, 4.69) is 223 Å². The Kier molecular flexibility index (Phi) is 7.68. The molecule has 3 heterocycles. The van der Waals surface area contributed by atoms with E-state index in [1.165, 1.54) is 55.6 Å². The third-order valence-electron chi connectivity index (χ3n) is 12.0. The minimum atomic E-state index is -0.151. The molecule has 3 heteroatoms. The molecule has 2 aliphatic rings. The van der Waals surface area contributed by atoms with Crippen molar-refractivity contribution in [2.45, 2.75) is 18.8 Å². The van der Waals surface area contributed by atoms with Crippen LogP contribution in [0.15, 0.2) is 212 Å². The number of hydrogen-bond donors (Lipinski definition) is 0. The van der Waals surface area contributed by atoms with Crippen LogP contribution in [-0.4, -0.2) is 9.55 Å². The van der Waals surface area contributed by atoms with Crippen molar-refractivity contribution in [3.05, 3.63) is 223 Å². The number of allylic oxidation sites excluding steroid dienone is 4. The lowest BCUT2D eigenvalue weighted by atomic mass is 9.72. The first-order valence-electron chi connectivity index (χ1n) is 19.8. The van der Waals surface area contributed by atoms with Crippen molar-refractivity contribution in [1.82, 2.24) is 9.55 Å². The Morgan fingerprint density at radius 3 is 1.77 bits per heavy atom. The molecule has 0 amide bonds. The molecule has 0 saturated carbocycles. The van der Waals surface area contributed by atoms with Crippen molar-refractivity contribution >= 4 is 38.8 Å². The predicted octanol–water partition coefficient (Wildman–Crippen LogP) is 14.0. The third kappa shape index (κ3) is 5.46. The van der Waals surface area contributed by atoms with E-state index in [0.717, 1.165) is 45.7 Å². The number of aromatic nitrogens is 2. The fraction of sp³-hybridized carbons (Fsp3) is 0.0556. The number of nitrogens with zero attached hydrogens (tertiary/aromatic N) is 3. The molecule has 1 atom stereocenters. The summed E-state index contributed by atoms with van der Waals surface area (Å²) in [7, 11) is 0. The lowest BCUT2D eigenvalue weighted by molar-refractivity contribution is 0.586. The highest BCUT2D eigenvalue weighted by molar-refractivity contribution is 6.10. The second kappa shape index (κ2) is 13.2. The second-order valence-corrected chi connectivity index (χ2v) is 15.4. The number of benzene rings is 7. The topological polar surface area (TPSA) is 21.1 Å². The van der Waals surface area contributed by atoms with Crippen LogP contribution >= 0.6 is 0 Å². The molecule has 57 heavy (non-hydrogen) atoms. The van der Waals surface area contributed by atoms with Crippen LogP contribution in [0.4, 0.5) is 11.4 Å². The highest BCUT2D eigenvalue weighted by atomic mass is 15.2. The average Bonchev–Trinajstić information content (AvgIpc) is 3.75. The van der Waals surface area contributed by atoms with E-state index in [1.54, 1.807) is 0 Å². The van der Waals surface area contributed by atoms with Crippen molar-refractivity contribution in [1.29, 1.82) is 0 Å². The molecule has 1 aliphatic carbocycles. The Bertz CT molecular complexity index is 2970. The van der Waals surface area contributed by atoms with Crippen LogP contribution in [0.1, 0.15) is 24.5 Å². The zero-order valence-electron chi connectivity index (χ0n) is 31.7. The molecule has 3 nitrogen and oxygen atoms in total. The molecule has 11 rings (SSSR count). The smallest absolute Gasteiger partial charge is 0.0715 e. The fourth-order valence-corrected chi connectivity index (χ4v) is 9.23. The molecule has 1 aliphatic heterocycles. The first-order valence-corrected chi connectivity index (χ1v) is 19.8. The van der Waals surface area contributed by atoms with Crippen molar-refractivity contribution in [2.24, 2.45) is 0 Å². The number of pyridine rings is 1. The molecule has 0 radical (unpaired) electrons. The van der Waals surface area contributed by atoms with E-state index in [0.29, 0.717) is 0 Å². The van der Waals surface area contributed by atoms with Crippen molar-refractivity contribution < 1.29 is 0 Å². The van der Waals surface area contributed by atoms with Gasteiger partial charge >= 0.3 is 0 Å². The van der Waals surface area contributed by atoms with E-state index < -0.39 is 0 Å².